The minimum atomic E-state index is -1.27. The van der Waals surface area contributed by atoms with Gasteiger partial charge in [0.2, 0.25) is 0 Å². The van der Waals surface area contributed by atoms with Crippen LogP contribution in [0.3, 0.4) is 0 Å². The van der Waals surface area contributed by atoms with Crippen molar-refractivity contribution in [2.75, 3.05) is 7.05 Å². The van der Waals surface area contributed by atoms with Gasteiger partial charge in [-0.3, -0.25) is 0 Å². The van der Waals surface area contributed by atoms with Crippen molar-refractivity contribution in [3.8, 4) is 6.07 Å². The van der Waals surface area contributed by atoms with Crippen LogP contribution in [0.1, 0.15) is 6.42 Å². The molecule has 0 heterocycles. The summed E-state index contributed by atoms with van der Waals surface area (Å²) in [5, 5.41) is 8.57. The minimum Gasteiger partial charge on any atom is -0.320 e. The van der Waals surface area contributed by atoms with E-state index in [2.05, 4.69) is 43.9 Å². The molecule has 0 aliphatic heterocycles. The maximum atomic E-state index is 8.57. The fraction of sp³-hybridized carbons (Fsp3) is 0.667. The number of hydrogen-bond acceptors (Lipinski definition) is 2. The van der Waals surface area contributed by atoms with Gasteiger partial charge in [0.1, 0.15) is 8.24 Å². The van der Waals surface area contributed by atoms with Crippen LogP contribution in [0.15, 0.2) is 12.7 Å². The van der Waals surface area contributed by atoms with E-state index in [0.717, 1.165) is 0 Å². The van der Waals surface area contributed by atoms with Gasteiger partial charge in [-0.2, -0.15) is 5.26 Å². The summed E-state index contributed by atoms with van der Waals surface area (Å²) >= 11 is 0. The zero-order chi connectivity index (χ0) is 9.78. The van der Waals surface area contributed by atoms with Crippen LogP contribution in [0.4, 0.5) is 0 Å². The van der Waals surface area contributed by atoms with Crippen molar-refractivity contribution in [1.82, 2.24) is 4.57 Å². The molecule has 0 rings (SSSR count). The predicted molar refractivity (Wildman–Crippen MR) is 55.3 cm³/mol. The second-order valence-electron chi connectivity index (χ2n) is 3.95. The first kappa shape index (κ1) is 11.4. The largest absolute Gasteiger partial charge is 0.320 e. The topological polar surface area (TPSA) is 27.0 Å². The van der Waals surface area contributed by atoms with Crippen molar-refractivity contribution in [2.24, 2.45) is 0 Å². The van der Waals surface area contributed by atoms with Crippen LogP contribution >= 0.6 is 0 Å². The Hall–Kier alpha value is -0.593. The maximum absolute atomic E-state index is 8.57. The number of likely N-dealkylation sites (N-methyl/N-ethyl adjacent to an activating group) is 1. The van der Waals surface area contributed by atoms with Crippen LogP contribution in [0.5, 0.6) is 0 Å². The predicted octanol–water partition coefficient (Wildman–Crippen LogP) is 2.22. The molecule has 0 N–H and O–H groups in total. The molecular weight excluding hydrogens is 164 g/mol. The molecule has 0 fully saturated rings. The Bertz CT molecular complexity index is 188. The van der Waals surface area contributed by atoms with E-state index >= 15 is 0 Å². The van der Waals surface area contributed by atoms with Gasteiger partial charge in [-0.25, -0.2) is 0 Å². The van der Waals surface area contributed by atoms with E-state index in [1.807, 2.05) is 6.08 Å². The van der Waals surface area contributed by atoms with Crippen molar-refractivity contribution in [3.05, 3.63) is 12.7 Å². The highest BCUT2D eigenvalue weighted by atomic mass is 28.3. The minimum absolute atomic E-state index is 0.224. The zero-order valence-corrected chi connectivity index (χ0v) is 9.46. The van der Waals surface area contributed by atoms with Crippen LogP contribution in [0.2, 0.25) is 19.6 Å². The molecule has 0 aromatic heterocycles. The molecule has 3 heteroatoms. The molecule has 0 aromatic carbocycles. The van der Waals surface area contributed by atoms with E-state index in [0.29, 0.717) is 6.42 Å². The smallest absolute Gasteiger partial charge is 0.119 e. The average Bonchev–Trinajstić information content (AvgIpc) is 1.97. The van der Waals surface area contributed by atoms with E-state index in [4.69, 9.17) is 5.26 Å². The Morgan fingerprint density at radius 1 is 1.58 bits per heavy atom. The first-order chi connectivity index (χ1) is 5.43. The van der Waals surface area contributed by atoms with Crippen molar-refractivity contribution in [2.45, 2.75) is 32.1 Å². The molecule has 0 saturated heterocycles. The molecule has 0 spiro atoms. The van der Waals surface area contributed by atoms with Gasteiger partial charge in [0.25, 0.3) is 0 Å². The lowest BCUT2D eigenvalue weighted by atomic mass is 10.2. The lowest BCUT2D eigenvalue weighted by Crippen LogP contribution is -2.48. The summed E-state index contributed by atoms with van der Waals surface area (Å²) in [4.78, 5) is 0. The van der Waals surface area contributed by atoms with Crippen molar-refractivity contribution < 1.29 is 0 Å². The van der Waals surface area contributed by atoms with Crippen LogP contribution < -0.4 is 0 Å². The maximum Gasteiger partial charge on any atom is 0.119 e. The lowest BCUT2D eigenvalue weighted by molar-refractivity contribution is 0.436. The van der Waals surface area contributed by atoms with Crippen molar-refractivity contribution >= 4 is 8.24 Å². The van der Waals surface area contributed by atoms with Gasteiger partial charge in [-0.15, -0.1) is 6.58 Å². The average molecular weight is 182 g/mol. The van der Waals surface area contributed by atoms with Gasteiger partial charge in [-0.05, 0) is 7.05 Å². The van der Waals surface area contributed by atoms with E-state index in [9.17, 15) is 0 Å². The summed E-state index contributed by atoms with van der Waals surface area (Å²) in [5.41, 5.74) is 0. The summed E-state index contributed by atoms with van der Waals surface area (Å²) in [7, 11) is 0.808. The second-order valence-corrected chi connectivity index (χ2v) is 8.99. The van der Waals surface area contributed by atoms with Crippen LogP contribution in [-0.4, -0.2) is 25.9 Å². The molecule has 0 bridgehead atoms. The van der Waals surface area contributed by atoms with Crippen LogP contribution in [0.25, 0.3) is 0 Å². The Balaban J connectivity index is 4.33. The Labute approximate surface area is 76.6 Å². The molecule has 0 amide bonds. The molecule has 12 heavy (non-hydrogen) atoms. The summed E-state index contributed by atoms with van der Waals surface area (Å²) in [6.45, 7) is 10.5. The molecule has 0 saturated carbocycles. The van der Waals surface area contributed by atoms with E-state index in [-0.39, 0.29) is 6.04 Å². The molecule has 1 atom stereocenters. The number of nitriles is 1. The SMILES string of the molecule is C=CC(CC#N)N(C)[Si](C)(C)C. The molecular formula is C9H18N2Si. The molecule has 2 nitrogen and oxygen atoms in total. The second kappa shape index (κ2) is 4.44. The third-order valence-corrected chi connectivity index (χ3v) is 4.58. The number of rotatable bonds is 4. The van der Waals surface area contributed by atoms with Crippen molar-refractivity contribution in [1.29, 1.82) is 5.26 Å². The van der Waals surface area contributed by atoms with Gasteiger partial charge in [0, 0.05) is 6.04 Å². The zero-order valence-electron chi connectivity index (χ0n) is 8.46. The van der Waals surface area contributed by atoms with Crippen LogP contribution in [-0.2, 0) is 0 Å². The normalized spacial score (nSPS) is 14.0. The number of hydrogen-bond donors (Lipinski definition) is 0. The van der Waals surface area contributed by atoms with Crippen LogP contribution in [0, 0.1) is 11.3 Å². The molecule has 0 aliphatic carbocycles. The molecule has 0 aliphatic rings. The number of nitrogens with zero attached hydrogens (tertiary/aromatic N) is 2. The monoisotopic (exact) mass is 182 g/mol. The summed E-state index contributed by atoms with van der Waals surface area (Å²) in [5.74, 6) is 0. The first-order valence-electron chi connectivity index (χ1n) is 4.16. The van der Waals surface area contributed by atoms with E-state index in [1.165, 1.54) is 0 Å². The highest BCUT2D eigenvalue weighted by Gasteiger charge is 2.24. The fourth-order valence-corrected chi connectivity index (χ4v) is 2.16. The van der Waals surface area contributed by atoms with Gasteiger partial charge in [0.15, 0.2) is 0 Å². The third kappa shape index (κ3) is 3.20. The standard InChI is InChI=1S/C9H18N2Si/c1-6-9(7-8-10)11(2)12(3,4)5/h6,9H,1,7H2,2-5H3. The fourth-order valence-electron chi connectivity index (χ4n) is 0.969. The molecule has 68 valence electrons. The van der Waals surface area contributed by atoms with Gasteiger partial charge in [0.05, 0.1) is 12.5 Å². The van der Waals surface area contributed by atoms with E-state index in [1.54, 1.807) is 0 Å². The van der Waals surface area contributed by atoms with Gasteiger partial charge >= 0.3 is 0 Å². The Morgan fingerprint density at radius 2 is 2.08 bits per heavy atom. The highest BCUT2D eigenvalue weighted by molar-refractivity contribution is 6.73. The third-order valence-electron chi connectivity index (χ3n) is 2.13. The molecule has 0 aromatic rings. The highest BCUT2D eigenvalue weighted by Crippen LogP contribution is 2.13. The Kier molecular flexibility index (Phi) is 4.22. The molecule has 0 radical (unpaired) electrons. The quantitative estimate of drug-likeness (QED) is 0.492. The molecule has 1 unspecified atom stereocenters. The van der Waals surface area contributed by atoms with Gasteiger partial charge in [-0.1, -0.05) is 25.7 Å². The summed E-state index contributed by atoms with van der Waals surface area (Å²) < 4.78 is 2.29. The Morgan fingerprint density at radius 3 is 2.33 bits per heavy atom. The summed E-state index contributed by atoms with van der Waals surface area (Å²) in [6.07, 6.45) is 2.41. The van der Waals surface area contributed by atoms with Crippen molar-refractivity contribution in [3.63, 3.8) is 0 Å². The first-order valence-corrected chi connectivity index (χ1v) is 7.60. The lowest BCUT2D eigenvalue weighted by Gasteiger charge is -2.34. The van der Waals surface area contributed by atoms with Gasteiger partial charge < -0.3 is 4.57 Å². The van der Waals surface area contributed by atoms with E-state index < -0.39 is 8.24 Å². The summed E-state index contributed by atoms with van der Waals surface area (Å²) in [6, 6.07) is 2.40.